The first-order valence-corrected chi connectivity index (χ1v) is 15.9. The van der Waals surface area contributed by atoms with Crippen LogP contribution in [-0.2, 0) is 29.1 Å². The maximum atomic E-state index is 12.9. The van der Waals surface area contributed by atoms with Gasteiger partial charge in [0.15, 0.2) is 0 Å². The lowest BCUT2D eigenvalue weighted by atomic mass is 10.0. The van der Waals surface area contributed by atoms with Gasteiger partial charge in [0.2, 0.25) is 22.2 Å². The Hall–Kier alpha value is -1.19. The number of sulfonamides is 1. The van der Waals surface area contributed by atoms with Gasteiger partial charge in [0.25, 0.3) is 0 Å². The summed E-state index contributed by atoms with van der Waals surface area (Å²) in [6.45, 7) is 7.78. The van der Waals surface area contributed by atoms with Gasteiger partial charge in [0.05, 0.1) is 18.4 Å². The van der Waals surface area contributed by atoms with Crippen LogP contribution in [-0.4, -0.2) is 51.0 Å². The van der Waals surface area contributed by atoms with E-state index in [0.29, 0.717) is 25.9 Å². The molecule has 9 heteroatoms. The second-order valence-electron chi connectivity index (χ2n) is 10.6. The van der Waals surface area contributed by atoms with Crippen LogP contribution in [0.4, 0.5) is 0 Å². The van der Waals surface area contributed by atoms with Crippen LogP contribution in [0.5, 0.6) is 0 Å². The summed E-state index contributed by atoms with van der Waals surface area (Å²) in [5.41, 5.74) is 0. The van der Waals surface area contributed by atoms with Crippen LogP contribution < -0.4 is 10.0 Å². The first-order chi connectivity index (χ1) is 17.1. The molecule has 1 amide bonds. The van der Waals surface area contributed by atoms with Crippen molar-refractivity contribution in [2.24, 2.45) is 5.92 Å². The standard InChI is InChI=1S/C27H52N2O6S/c1-5-6-7-8-9-10-11-12-13-14-15-16-17-20-36(32,33)29-25(21-22(2)3)26(31)28-24-18-19-34-27(24)35-23(4)30/h22,24-25,27,29H,5-21H2,1-4H3,(H,28,31)/t24-,25-,27-/m0/s1. The van der Waals surface area contributed by atoms with Crippen molar-refractivity contribution < 1.29 is 27.5 Å². The van der Waals surface area contributed by atoms with Crippen molar-refractivity contribution >= 4 is 21.9 Å². The van der Waals surface area contributed by atoms with E-state index in [1.54, 1.807) is 0 Å². The second kappa shape index (κ2) is 19.0. The Morgan fingerprint density at radius 3 is 1.94 bits per heavy atom. The van der Waals surface area contributed by atoms with Crippen LogP contribution in [0.1, 0.15) is 124 Å². The molecule has 1 aliphatic heterocycles. The molecule has 1 saturated heterocycles. The van der Waals surface area contributed by atoms with Gasteiger partial charge in [-0.15, -0.1) is 0 Å². The summed E-state index contributed by atoms with van der Waals surface area (Å²) in [5, 5.41) is 2.81. The Labute approximate surface area is 220 Å². The summed E-state index contributed by atoms with van der Waals surface area (Å²) < 4.78 is 38.5. The Morgan fingerprint density at radius 1 is 0.917 bits per heavy atom. The van der Waals surface area contributed by atoms with E-state index in [2.05, 4.69) is 17.0 Å². The quantitative estimate of drug-likeness (QED) is 0.155. The number of carbonyl (C=O) groups is 2. The van der Waals surface area contributed by atoms with Crippen molar-refractivity contribution in [2.75, 3.05) is 12.4 Å². The first-order valence-electron chi connectivity index (χ1n) is 14.2. The van der Waals surface area contributed by atoms with E-state index >= 15 is 0 Å². The molecule has 0 radical (unpaired) electrons. The normalized spacial score (nSPS) is 18.9. The molecule has 0 aliphatic carbocycles. The molecule has 212 valence electrons. The highest BCUT2D eigenvalue weighted by Crippen LogP contribution is 2.17. The number of carbonyl (C=O) groups excluding carboxylic acids is 2. The van der Waals surface area contributed by atoms with Crippen molar-refractivity contribution in [1.82, 2.24) is 10.0 Å². The van der Waals surface area contributed by atoms with E-state index in [1.165, 1.54) is 64.7 Å². The lowest BCUT2D eigenvalue weighted by Gasteiger charge is -2.24. The van der Waals surface area contributed by atoms with E-state index in [1.807, 2.05) is 13.8 Å². The molecule has 0 aromatic carbocycles. The van der Waals surface area contributed by atoms with Gasteiger partial charge < -0.3 is 14.8 Å². The number of nitrogens with one attached hydrogen (secondary N) is 2. The molecule has 0 spiro atoms. The van der Waals surface area contributed by atoms with Crippen molar-refractivity contribution in [2.45, 2.75) is 142 Å². The SMILES string of the molecule is CCCCCCCCCCCCCCCS(=O)(=O)N[C@@H](CC(C)C)C(=O)N[C@H]1CCO[C@H]1OC(C)=O. The smallest absolute Gasteiger partial charge is 0.305 e. The largest absolute Gasteiger partial charge is 0.434 e. The van der Waals surface area contributed by atoms with Gasteiger partial charge in [0.1, 0.15) is 6.04 Å². The Bertz CT molecular complexity index is 713. The highest BCUT2D eigenvalue weighted by Gasteiger charge is 2.34. The van der Waals surface area contributed by atoms with Crippen molar-refractivity contribution in [3.8, 4) is 0 Å². The lowest BCUT2D eigenvalue weighted by molar-refractivity contribution is -0.170. The number of hydrogen-bond acceptors (Lipinski definition) is 6. The third kappa shape index (κ3) is 15.8. The van der Waals surface area contributed by atoms with E-state index in [9.17, 15) is 18.0 Å². The van der Waals surface area contributed by atoms with Gasteiger partial charge in [0, 0.05) is 6.92 Å². The minimum absolute atomic E-state index is 0.0231. The molecule has 0 unspecified atom stereocenters. The van der Waals surface area contributed by atoms with Gasteiger partial charge in [-0.2, -0.15) is 0 Å². The van der Waals surface area contributed by atoms with Crippen LogP contribution in [0.25, 0.3) is 0 Å². The summed E-state index contributed by atoms with van der Waals surface area (Å²) in [7, 11) is -3.58. The molecule has 1 rings (SSSR count). The molecule has 0 bridgehead atoms. The molecular weight excluding hydrogens is 480 g/mol. The summed E-state index contributed by atoms with van der Waals surface area (Å²) >= 11 is 0. The Morgan fingerprint density at radius 2 is 1.44 bits per heavy atom. The maximum Gasteiger partial charge on any atom is 0.305 e. The van der Waals surface area contributed by atoms with E-state index in [-0.39, 0.29) is 11.7 Å². The molecular formula is C27H52N2O6S. The van der Waals surface area contributed by atoms with Crippen LogP contribution >= 0.6 is 0 Å². The maximum absolute atomic E-state index is 12.9. The number of rotatable bonds is 21. The molecule has 3 atom stereocenters. The lowest BCUT2D eigenvalue weighted by Crippen LogP contribution is -2.52. The summed E-state index contributed by atoms with van der Waals surface area (Å²) in [6, 6.07) is -1.35. The van der Waals surface area contributed by atoms with E-state index in [0.717, 1.165) is 19.3 Å². The number of amides is 1. The third-order valence-corrected chi connectivity index (χ3v) is 7.98. The van der Waals surface area contributed by atoms with Crippen molar-refractivity contribution in [3.63, 3.8) is 0 Å². The minimum atomic E-state index is -3.58. The molecule has 2 N–H and O–H groups in total. The zero-order valence-corrected chi connectivity index (χ0v) is 24.0. The van der Waals surface area contributed by atoms with E-state index < -0.39 is 40.3 Å². The molecule has 0 aromatic rings. The fourth-order valence-electron chi connectivity index (χ4n) is 4.53. The highest BCUT2D eigenvalue weighted by molar-refractivity contribution is 7.89. The fourth-order valence-corrected chi connectivity index (χ4v) is 5.87. The fraction of sp³-hybridized carbons (Fsp3) is 0.926. The Balaban J connectivity index is 2.31. The molecule has 36 heavy (non-hydrogen) atoms. The number of ether oxygens (including phenoxy) is 2. The summed E-state index contributed by atoms with van der Waals surface area (Å²) in [4.78, 5) is 24.2. The molecule has 1 heterocycles. The minimum Gasteiger partial charge on any atom is -0.434 e. The molecule has 0 aromatic heterocycles. The molecule has 8 nitrogen and oxygen atoms in total. The second-order valence-corrected chi connectivity index (χ2v) is 12.5. The van der Waals surface area contributed by atoms with Crippen molar-refractivity contribution in [1.29, 1.82) is 0 Å². The van der Waals surface area contributed by atoms with Gasteiger partial charge in [-0.3, -0.25) is 9.59 Å². The molecule has 1 fully saturated rings. The third-order valence-electron chi connectivity index (χ3n) is 6.51. The first kappa shape index (κ1) is 32.8. The van der Waals surface area contributed by atoms with Crippen molar-refractivity contribution in [3.05, 3.63) is 0 Å². The van der Waals surface area contributed by atoms with Crippen LogP contribution in [0, 0.1) is 5.92 Å². The average molecular weight is 533 g/mol. The zero-order valence-electron chi connectivity index (χ0n) is 23.2. The van der Waals surface area contributed by atoms with Crippen LogP contribution in [0.2, 0.25) is 0 Å². The van der Waals surface area contributed by atoms with Gasteiger partial charge >= 0.3 is 5.97 Å². The monoisotopic (exact) mass is 532 g/mol. The average Bonchev–Trinajstić information content (AvgIpc) is 3.21. The van der Waals surface area contributed by atoms with Crippen LogP contribution in [0.15, 0.2) is 0 Å². The Kier molecular flexibility index (Phi) is 17.3. The van der Waals surface area contributed by atoms with E-state index in [4.69, 9.17) is 9.47 Å². The number of hydrogen-bond donors (Lipinski definition) is 2. The summed E-state index contributed by atoms with van der Waals surface area (Å²) in [6.07, 6.45) is 15.5. The molecule has 1 aliphatic rings. The topological polar surface area (TPSA) is 111 Å². The van der Waals surface area contributed by atoms with Gasteiger partial charge in [-0.05, 0) is 25.2 Å². The zero-order chi connectivity index (χ0) is 26.8. The predicted molar refractivity (Wildman–Crippen MR) is 144 cm³/mol. The molecule has 0 saturated carbocycles. The van der Waals surface area contributed by atoms with Gasteiger partial charge in [-0.1, -0.05) is 97.8 Å². The predicted octanol–water partition coefficient (Wildman–Crippen LogP) is 5.21. The summed E-state index contributed by atoms with van der Waals surface area (Å²) in [5.74, 6) is -0.748. The number of unbranched alkanes of at least 4 members (excludes halogenated alkanes) is 12. The number of esters is 1. The van der Waals surface area contributed by atoms with Crippen LogP contribution in [0.3, 0.4) is 0 Å². The highest BCUT2D eigenvalue weighted by atomic mass is 32.2. The van der Waals surface area contributed by atoms with Gasteiger partial charge in [-0.25, -0.2) is 13.1 Å².